The van der Waals surface area contributed by atoms with Crippen molar-refractivity contribution in [1.29, 1.82) is 0 Å². The summed E-state index contributed by atoms with van der Waals surface area (Å²) in [7, 11) is 0. The van der Waals surface area contributed by atoms with Crippen molar-refractivity contribution in [1.82, 2.24) is 0 Å². The maximum atomic E-state index is 11.5. The predicted molar refractivity (Wildman–Crippen MR) is 64.0 cm³/mol. The quantitative estimate of drug-likeness (QED) is 0.486. The summed E-state index contributed by atoms with van der Waals surface area (Å²) in [4.78, 5) is 22.3. The van der Waals surface area contributed by atoms with Gasteiger partial charge in [0.15, 0.2) is 0 Å². The van der Waals surface area contributed by atoms with Crippen molar-refractivity contribution in [2.45, 2.75) is 24.7 Å². The van der Waals surface area contributed by atoms with Crippen LogP contribution < -0.4 is 0 Å². The minimum Gasteiger partial charge on any atom is -0.462 e. The summed E-state index contributed by atoms with van der Waals surface area (Å²) < 4.78 is 4.89. The van der Waals surface area contributed by atoms with E-state index >= 15 is 0 Å². The smallest absolute Gasteiger partial charge is 0.339 e. The third kappa shape index (κ3) is 3.38. The van der Waals surface area contributed by atoms with Crippen LogP contribution in [0.1, 0.15) is 29.3 Å². The van der Waals surface area contributed by atoms with Crippen molar-refractivity contribution < 1.29 is 14.3 Å². The molecule has 0 aliphatic carbocycles. The van der Waals surface area contributed by atoms with Gasteiger partial charge in [0.2, 0.25) is 0 Å². The zero-order valence-corrected chi connectivity index (χ0v) is 10.00. The molecule has 0 saturated heterocycles. The van der Waals surface area contributed by atoms with Crippen LogP contribution in [0, 0.1) is 0 Å². The first-order valence-electron chi connectivity index (χ1n) is 5.11. The van der Waals surface area contributed by atoms with Crippen molar-refractivity contribution in [2.24, 2.45) is 0 Å². The monoisotopic (exact) mass is 238 g/mol. The van der Waals surface area contributed by atoms with E-state index in [1.807, 2.05) is 6.07 Å². The molecule has 0 aliphatic rings. The summed E-state index contributed by atoms with van der Waals surface area (Å²) in [6.07, 6.45) is 2.02. The van der Waals surface area contributed by atoms with E-state index in [1.54, 1.807) is 19.1 Å². The fourth-order valence-corrected chi connectivity index (χ4v) is 1.67. The predicted octanol–water partition coefficient (Wildman–Crippen LogP) is 2.28. The Morgan fingerprint density at radius 2 is 2.25 bits per heavy atom. The Bertz CT molecular complexity index is 388. The maximum Gasteiger partial charge on any atom is 0.339 e. The maximum absolute atomic E-state index is 11.5. The first-order chi connectivity index (χ1) is 7.69. The van der Waals surface area contributed by atoms with E-state index in [2.05, 4.69) is 12.6 Å². The molecule has 0 aromatic heterocycles. The number of esters is 1. The van der Waals surface area contributed by atoms with Crippen LogP contribution in [-0.2, 0) is 16.0 Å². The molecule has 86 valence electrons. The second-order valence-electron chi connectivity index (χ2n) is 3.28. The third-order valence-electron chi connectivity index (χ3n) is 2.11. The lowest BCUT2D eigenvalue weighted by molar-refractivity contribution is -0.107. The molecule has 0 saturated carbocycles. The van der Waals surface area contributed by atoms with E-state index in [0.717, 1.165) is 11.8 Å². The molecule has 0 fully saturated rings. The van der Waals surface area contributed by atoms with Crippen molar-refractivity contribution in [3.63, 3.8) is 0 Å². The van der Waals surface area contributed by atoms with Gasteiger partial charge in [-0.2, -0.15) is 0 Å². The van der Waals surface area contributed by atoms with Crippen LogP contribution in [0.4, 0.5) is 0 Å². The zero-order chi connectivity index (χ0) is 12.0. The molecule has 0 spiro atoms. The summed E-state index contributed by atoms with van der Waals surface area (Å²) in [5, 5.41) is 0. The lowest BCUT2D eigenvalue weighted by atomic mass is 10.1. The molecular formula is C12H14O3S. The molecule has 0 amide bonds. The number of carbonyl (C=O) groups is 2. The number of aryl methyl sites for hydroxylation is 1. The summed E-state index contributed by atoms with van der Waals surface area (Å²) in [6, 6.07) is 5.29. The fraction of sp³-hybridized carbons (Fsp3) is 0.333. The highest BCUT2D eigenvalue weighted by Crippen LogP contribution is 2.18. The van der Waals surface area contributed by atoms with E-state index in [1.165, 1.54) is 0 Å². The number of hydrogen-bond donors (Lipinski definition) is 1. The van der Waals surface area contributed by atoms with E-state index in [0.29, 0.717) is 29.9 Å². The average Bonchev–Trinajstić information content (AvgIpc) is 2.26. The lowest BCUT2D eigenvalue weighted by Crippen LogP contribution is -2.06. The number of carbonyl (C=O) groups excluding carboxylic acids is 2. The van der Waals surface area contributed by atoms with Gasteiger partial charge in [0.25, 0.3) is 0 Å². The molecule has 4 heteroatoms. The normalized spacial score (nSPS) is 9.88. The largest absolute Gasteiger partial charge is 0.462 e. The minimum absolute atomic E-state index is 0.346. The topological polar surface area (TPSA) is 43.4 Å². The summed E-state index contributed by atoms with van der Waals surface area (Å²) in [5.41, 5.74) is 1.45. The second kappa shape index (κ2) is 6.33. The highest BCUT2D eigenvalue weighted by molar-refractivity contribution is 7.80. The molecule has 0 atom stereocenters. The van der Waals surface area contributed by atoms with Crippen LogP contribution in [0.15, 0.2) is 23.1 Å². The van der Waals surface area contributed by atoms with Gasteiger partial charge in [-0.25, -0.2) is 4.79 Å². The first kappa shape index (κ1) is 12.8. The zero-order valence-electron chi connectivity index (χ0n) is 9.10. The Labute approximate surface area is 100 Å². The summed E-state index contributed by atoms with van der Waals surface area (Å²) >= 11 is 4.23. The highest BCUT2D eigenvalue weighted by atomic mass is 32.1. The second-order valence-corrected chi connectivity index (χ2v) is 3.76. The van der Waals surface area contributed by atoms with E-state index in [9.17, 15) is 9.59 Å². The molecule has 1 aromatic carbocycles. The number of aldehydes is 1. The Balaban J connectivity index is 2.82. The lowest BCUT2D eigenvalue weighted by Gasteiger charge is -2.06. The van der Waals surface area contributed by atoms with E-state index in [4.69, 9.17) is 4.74 Å². The van der Waals surface area contributed by atoms with Crippen LogP contribution in [-0.4, -0.2) is 18.9 Å². The molecule has 0 unspecified atom stereocenters. The van der Waals surface area contributed by atoms with Crippen LogP contribution in [0.2, 0.25) is 0 Å². The van der Waals surface area contributed by atoms with Crippen LogP contribution >= 0.6 is 12.6 Å². The van der Waals surface area contributed by atoms with Gasteiger partial charge < -0.3 is 9.53 Å². The number of benzene rings is 1. The average molecular weight is 238 g/mol. The van der Waals surface area contributed by atoms with Crippen LogP contribution in [0.3, 0.4) is 0 Å². The summed E-state index contributed by atoms with van der Waals surface area (Å²) in [5.74, 6) is -0.366. The molecule has 1 rings (SSSR count). The van der Waals surface area contributed by atoms with Gasteiger partial charge in [0.1, 0.15) is 6.29 Å². The molecule has 16 heavy (non-hydrogen) atoms. The molecule has 3 nitrogen and oxygen atoms in total. The Morgan fingerprint density at radius 1 is 1.50 bits per heavy atom. The Morgan fingerprint density at radius 3 is 2.81 bits per heavy atom. The van der Waals surface area contributed by atoms with E-state index < -0.39 is 0 Å². The number of ether oxygens (including phenoxy) is 1. The molecule has 0 bridgehead atoms. The van der Waals surface area contributed by atoms with Gasteiger partial charge in [0.05, 0.1) is 12.2 Å². The molecule has 0 N–H and O–H groups in total. The molecule has 0 heterocycles. The van der Waals surface area contributed by atoms with Crippen molar-refractivity contribution in [2.75, 3.05) is 6.61 Å². The van der Waals surface area contributed by atoms with Gasteiger partial charge in [-0.1, -0.05) is 6.07 Å². The molecule has 0 aliphatic heterocycles. The number of rotatable bonds is 5. The summed E-state index contributed by atoms with van der Waals surface area (Å²) in [6.45, 7) is 2.10. The standard InChI is InChI=1S/C12H14O3S/c1-2-15-12(14)10-6-5-9(4-3-7-13)8-11(10)16/h5-8,16H,2-4H2,1H3. The SMILES string of the molecule is CCOC(=O)c1ccc(CCC=O)cc1S. The van der Waals surface area contributed by atoms with Crippen molar-refractivity contribution >= 4 is 24.9 Å². The van der Waals surface area contributed by atoms with Gasteiger partial charge in [-0.15, -0.1) is 12.6 Å². The number of hydrogen-bond acceptors (Lipinski definition) is 4. The van der Waals surface area contributed by atoms with Gasteiger partial charge in [-0.3, -0.25) is 0 Å². The van der Waals surface area contributed by atoms with E-state index in [-0.39, 0.29) is 5.97 Å². The first-order valence-corrected chi connectivity index (χ1v) is 5.56. The minimum atomic E-state index is -0.366. The van der Waals surface area contributed by atoms with Gasteiger partial charge in [-0.05, 0) is 31.0 Å². The molecular weight excluding hydrogens is 224 g/mol. The van der Waals surface area contributed by atoms with Crippen LogP contribution in [0.25, 0.3) is 0 Å². The highest BCUT2D eigenvalue weighted by Gasteiger charge is 2.10. The van der Waals surface area contributed by atoms with Crippen LogP contribution in [0.5, 0.6) is 0 Å². The van der Waals surface area contributed by atoms with Gasteiger partial charge >= 0.3 is 5.97 Å². The molecule has 1 aromatic rings. The third-order valence-corrected chi connectivity index (χ3v) is 2.48. The van der Waals surface area contributed by atoms with Crippen molar-refractivity contribution in [3.8, 4) is 0 Å². The van der Waals surface area contributed by atoms with Gasteiger partial charge in [0, 0.05) is 11.3 Å². The molecule has 0 radical (unpaired) electrons. The Hall–Kier alpha value is -1.29. The fourth-order valence-electron chi connectivity index (χ4n) is 1.34. The Kier molecular flexibility index (Phi) is 5.05. The van der Waals surface area contributed by atoms with Crippen molar-refractivity contribution in [3.05, 3.63) is 29.3 Å². The number of thiol groups is 1.